The van der Waals surface area contributed by atoms with Gasteiger partial charge in [-0.15, -0.1) is 0 Å². The Morgan fingerprint density at radius 1 is 1.30 bits per heavy atom. The van der Waals surface area contributed by atoms with Crippen LogP contribution in [0.2, 0.25) is 0 Å². The van der Waals surface area contributed by atoms with Gasteiger partial charge in [0.25, 0.3) is 0 Å². The maximum absolute atomic E-state index is 9.70. The summed E-state index contributed by atoms with van der Waals surface area (Å²) in [6, 6.07) is 9.66. The summed E-state index contributed by atoms with van der Waals surface area (Å²) in [6.07, 6.45) is 1.78. The van der Waals surface area contributed by atoms with Crippen molar-refractivity contribution in [3.05, 3.63) is 47.2 Å². The van der Waals surface area contributed by atoms with Gasteiger partial charge >= 0.3 is 0 Å². The van der Waals surface area contributed by atoms with E-state index in [-0.39, 0.29) is 6.54 Å². The van der Waals surface area contributed by atoms with Gasteiger partial charge in [-0.2, -0.15) is 4.91 Å². The lowest BCUT2D eigenvalue weighted by Crippen LogP contribution is -1.82. The average molecular weight is 134 g/mol. The Kier molecular flexibility index (Phi) is 2.62. The van der Waals surface area contributed by atoms with Gasteiger partial charge in [0.1, 0.15) is 0 Å². The fourth-order valence-corrected chi connectivity index (χ4v) is 0.732. The van der Waals surface area contributed by atoms with Crippen LogP contribution >= 0.6 is 0 Å². The van der Waals surface area contributed by atoms with Crippen molar-refractivity contribution in [2.45, 2.75) is 0 Å². The molecule has 1 aromatic carbocycles. The molecule has 1 aromatic rings. The highest BCUT2D eigenvalue weighted by molar-refractivity contribution is 5.22. The van der Waals surface area contributed by atoms with E-state index in [0.717, 1.165) is 5.56 Å². The zero-order valence-electron chi connectivity index (χ0n) is 5.53. The highest BCUT2D eigenvalue weighted by Gasteiger charge is 1.88. The molecule has 0 saturated carbocycles. The van der Waals surface area contributed by atoms with Crippen molar-refractivity contribution in [3.63, 3.8) is 0 Å². The Hall–Kier alpha value is -1.18. The van der Waals surface area contributed by atoms with Crippen LogP contribution in [0.3, 0.4) is 0 Å². The lowest BCUT2D eigenvalue weighted by molar-refractivity contribution is 1.14. The van der Waals surface area contributed by atoms with E-state index < -0.39 is 0 Å². The number of benzene rings is 1. The lowest BCUT2D eigenvalue weighted by Gasteiger charge is -1.92. The van der Waals surface area contributed by atoms with E-state index in [1.807, 2.05) is 30.3 Å². The van der Waals surface area contributed by atoms with Crippen LogP contribution in [0.4, 0.5) is 0 Å². The van der Waals surface area contributed by atoms with Crippen molar-refractivity contribution in [1.29, 1.82) is 0 Å². The molecule has 0 aliphatic rings. The molecule has 0 saturated heterocycles. The van der Waals surface area contributed by atoms with Gasteiger partial charge in [0, 0.05) is 6.42 Å². The maximum Gasteiger partial charge on any atom is 0.0886 e. The summed E-state index contributed by atoms with van der Waals surface area (Å²) in [5.41, 5.74) is 1.04. The molecule has 0 aliphatic carbocycles. The predicted molar refractivity (Wildman–Crippen MR) is 40.5 cm³/mol. The quantitative estimate of drug-likeness (QED) is 0.581. The Balaban J connectivity index is 2.50. The van der Waals surface area contributed by atoms with Gasteiger partial charge in [-0.25, -0.2) is 0 Å². The molecule has 0 atom stereocenters. The van der Waals surface area contributed by atoms with Crippen LogP contribution in [0, 0.1) is 11.3 Å². The molecule has 0 aromatic heterocycles. The van der Waals surface area contributed by atoms with E-state index in [9.17, 15) is 4.91 Å². The first-order valence-corrected chi connectivity index (χ1v) is 3.11. The molecular weight excluding hydrogens is 126 g/mol. The van der Waals surface area contributed by atoms with Crippen LogP contribution in [-0.2, 0) is 0 Å². The molecule has 0 amide bonds. The molecule has 1 rings (SSSR count). The van der Waals surface area contributed by atoms with Crippen molar-refractivity contribution in [2.24, 2.45) is 5.18 Å². The number of rotatable bonds is 3. The predicted octanol–water partition coefficient (Wildman–Crippen LogP) is 2.01. The molecule has 0 aliphatic heterocycles. The fraction of sp³-hybridized carbons (Fsp3) is 0.125. The van der Waals surface area contributed by atoms with Gasteiger partial charge in [0.15, 0.2) is 0 Å². The van der Waals surface area contributed by atoms with Crippen molar-refractivity contribution >= 4 is 0 Å². The van der Waals surface area contributed by atoms with E-state index in [4.69, 9.17) is 0 Å². The highest BCUT2D eigenvalue weighted by Crippen LogP contribution is 2.00. The average Bonchev–Trinajstić information content (AvgIpc) is 2.03. The van der Waals surface area contributed by atoms with E-state index >= 15 is 0 Å². The Morgan fingerprint density at radius 3 is 2.60 bits per heavy atom. The zero-order chi connectivity index (χ0) is 7.23. The number of hydrogen-bond acceptors (Lipinski definition) is 2. The van der Waals surface area contributed by atoms with Gasteiger partial charge in [0.05, 0.1) is 6.54 Å². The molecule has 0 bridgehead atoms. The third-order valence-electron chi connectivity index (χ3n) is 1.20. The molecular formula is C8H8NO. The van der Waals surface area contributed by atoms with Crippen molar-refractivity contribution in [2.75, 3.05) is 6.54 Å². The van der Waals surface area contributed by atoms with Crippen LogP contribution in [0.1, 0.15) is 5.56 Å². The maximum atomic E-state index is 9.70. The summed E-state index contributed by atoms with van der Waals surface area (Å²) in [4.78, 5) is 9.70. The standard InChI is InChI=1S/C8H8NO/c10-9-7-6-8-4-2-1-3-5-8/h1-6H,7H2. The van der Waals surface area contributed by atoms with Gasteiger partial charge in [-0.05, 0) is 5.56 Å². The summed E-state index contributed by atoms with van der Waals surface area (Å²) in [7, 11) is 0. The lowest BCUT2D eigenvalue weighted by atomic mass is 10.2. The first-order chi connectivity index (χ1) is 4.93. The largest absolute Gasteiger partial charge is 0.151 e. The molecule has 10 heavy (non-hydrogen) atoms. The van der Waals surface area contributed by atoms with Crippen LogP contribution < -0.4 is 0 Å². The second-order valence-corrected chi connectivity index (χ2v) is 1.93. The van der Waals surface area contributed by atoms with Crippen molar-refractivity contribution < 1.29 is 0 Å². The molecule has 0 spiro atoms. The van der Waals surface area contributed by atoms with Gasteiger partial charge in [-0.3, -0.25) is 0 Å². The Morgan fingerprint density at radius 2 is 2.00 bits per heavy atom. The van der Waals surface area contributed by atoms with Crippen LogP contribution in [0.15, 0.2) is 35.5 Å². The van der Waals surface area contributed by atoms with Crippen molar-refractivity contribution in [3.8, 4) is 0 Å². The molecule has 0 unspecified atom stereocenters. The van der Waals surface area contributed by atoms with Crippen LogP contribution in [0.25, 0.3) is 0 Å². The molecule has 0 fully saturated rings. The van der Waals surface area contributed by atoms with Crippen LogP contribution in [-0.4, -0.2) is 6.54 Å². The monoisotopic (exact) mass is 134 g/mol. The summed E-state index contributed by atoms with van der Waals surface area (Å²) in [6.45, 7) is 0.254. The molecule has 0 heterocycles. The Bertz CT molecular complexity index is 196. The zero-order valence-corrected chi connectivity index (χ0v) is 5.53. The van der Waals surface area contributed by atoms with E-state index in [2.05, 4.69) is 5.18 Å². The Labute approximate surface area is 59.9 Å². The third-order valence-corrected chi connectivity index (χ3v) is 1.20. The minimum absolute atomic E-state index is 0.254. The van der Waals surface area contributed by atoms with E-state index in [1.165, 1.54) is 0 Å². The van der Waals surface area contributed by atoms with Gasteiger partial charge < -0.3 is 0 Å². The topological polar surface area (TPSA) is 29.4 Å². The smallest absolute Gasteiger partial charge is 0.0886 e. The van der Waals surface area contributed by atoms with E-state index in [1.54, 1.807) is 6.42 Å². The van der Waals surface area contributed by atoms with Crippen molar-refractivity contribution in [1.82, 2.24) is 0 Å². The minimum atomic E-state index is 0.254. The normalized spacial score (nSPS) is 9.20. The molecule has 2 heteroatoms. The third kappa shape index (κ3) is 1.97. The second-order valence-electron chi connectivity index (χ2n) is 1.93. The highest BCUT2D eigenvalue weighted by atomic mass is 16.3. The summed E-state index contributed by atoms with van der Waals surface area (Å²) in [5, 5.41) is 2.73. The fourth-order valence-electron chi connectivity index (χ4n) is 0.732. The number of hydrogen-bond donors (Lipinski definition) is 0. The number of nitroso groups, excluding NO2 is 1. The molecule has 51 valence electrons. The van der Waals surface area contributed by atoms with E-state index in [0.29, 0.717) is 0 Å². The second kappa shape index (κ2) is 3.77. The molecule has 1 radical (unpaired) electrons. The number of nitrogens with zero attached hydrogens (tertiary/aromatic N) is 1. The molecule has 0 N–H and O–H groups in total. The SMILES string of the molecule is O=NC[CH]c1ccccc1. The summed E-state index contributed by atoms with van der Waals surface area (Å²) in [5.74, 6) is 0. The van der Waals surface area contributed by atoms with Gasteiger partial charge in [-0.1, -0.05) is 35.5 Å². The first-order valence-electron chi connectivity index (χ1n) is 3.11. The summed E-state index contributed by atoms with van der Waals surface area (Å²) >= 11 is 0. The minimum Gasteiger partial charge on any atom is -0.151 e. The summed E-state index contributed by atoms with van der Waals surface area (Å²) < 4.78 is 0. The first kappa shape index (κ1) is 6.93. The van der Waals surface area contributed by atoms with Gasteiger partial charge in [0.2, 0.25) is 0 Å². The van der Waals surface area contributed by atoms with Crippen LogP contribution in [0.5, 0.6) is 0 Å². The molecule has 2 nitrogen and oxygen atoms in total.